The second-order valence-electron chi connectivity index (χ2n) is 5.66. The Kier molecular flexibility index (Phi) is 4.38. The van der Waals surface area contributed by atoms with Gasteiger partial charge in [-0.2, -0.15) is 0 Å². The maximum absolute atomic E-state index is 12.6. The van der Waals surface area contributed by atoms with Gasteiger partial charge in [-0.15, -0.1) is 0 Å². The zero-order valence-electron chi connectivity index (χ0n) is 12.9. The number of carbonyl (C=O) groups excluding carboxylic acids is 2. The van der Waals surface area contributed by atoms with Gasteiger partial charge in [-0.25, -0.2) is 0 Å². The number of esters is 1. The largest absolute Gasteiger partial charge is 0.468 e. The number of methoxy groups -OCH3 is 1. The molecule has 0 fully saturated rings. The minimum Gasteiger partial charge on any atom is -0.468 e. The average Bonchev–Trinajstić information content (AvgIpc) is 2.62. The molecule has 0 saturated heterocycles. The number of rotatable bonds is 3. The quantitative estimate of drug-likeness (QED) is 0.642. The fraction of sp³-hybridized carbons (Fsp3) is 0.200. The number of benzene rings is 2. The molecule has 0 radical (unpaired) electrons. The fourth-order valence-electron chi connectivity index (χ4n) is 3.14. The Hall–Kier alpha value is -2.68. The van der Waals surface area contributed by atoms with E-state index >= 15 is 0 Å². The molecule has 0 spiro atoms. The summed E-state index contributed by atoms with van der Waals surface area (Å²) < 4.78 is 4.86. The summed E-state index contributed by atoms with van der Waals surface area (Å²) >= 11 is 0. The highest BCUT2D eigenvalue weighted by Crippen LogP contribution is 2.40. The number of ketones is 1. The first kappa shape index (κ1) is 15.2. The van der Waals surface area contributed by atoms with Gasteiger partial charge in [0.2, 0.25) is 0 Å². The SMILES string of the molecule is COC(=O)[C@H]1C(=O)C=C(c2ccccc2)C[C@@H]1c1ccccc1. The Morgan fingerprint density at radius 2 is 1.61 bits per heavy atom. The van der Waals surface area contributed by atoms with Gasteiger partial charge in [0.05, 0.1) is 7.11 Å². The molecule has 1 aliphatic carbocycles. The molecule has 0 amide bonds. The van der Waals surface area contributed by atoms with Crippen LogP contribution in [0.25, 0.3) is 5.57 Å². The standard InChI is InChI=1S/C20H18O3/c1-23-20(22)19-17(15-10-6-3-7-11-15)12-16(13-18(19)21)14-8-4-2-5-9-14/h2-11,13,17,19H,12H2,1H3/t17-,19-/m1/s1. The highest BCUT2D eigenvalue weighted by Gasteiger charge is 2.39. The molecule has 0 N–H and O–H groups in total. The van der Waals surface area contributed by atoms with Gasteiger partial charge in [-0.3, -0.25) is 9.59 Å². The molecule has 0 aromatic heterocycles. The van der Waals surface area contributed by atoms with E-state index in [9.17, 15) is 9.59 Å². The molecule has 23 heavy (non-hydrogen) atoms. The van der Waals surface area contributed by atoms with E-state index in [2.05, 4.69) is 0 Å². The van der Waals surface area contributed by atoms with Gasteiger partial charge in [0.1, 0.15) is 5.92 Å². The molecule has 0 saturated carbocycles. The van der Waals surface area contributed by atoms with Crippen LogP contribution in [0.1, 0.15) is 23.5 Å². The van der Waals surface area contributed by atoms with Gasteiger partial charge in [-0.1, -0.05) is 60.7 Å². The number of hydrogen-bond donors (Lipinski definition) is 0. The van der Waals surface area contributed by atoms with Crippen LogP contribution in [-0.4, -0.2) is 18.9 Å². The topological polar surface area (TPSA) is 43.4 Å². The van der Waals surface area contributed by atoms with Crippen LogP contribution in [0.5, 0.6) is 0 Å². The summed E-state index contributed by atoms with van der Waals surface area (Å²) in [7, 11) is 1.33. The molecule has 0 aliphatic heterocycles. The lowest BCUT2D eigenvalue weighted by molar-refractivity contribution is -0.149. The first-order valence-corrected chi connectivity index (χ1v) is 7.63. The van der Waals surface area contributed by atoms with E-state index < -0.39 is 11.9 Å². The van der Waals surface area contributed by atoms with Crippen LogP contribution in [0, 0.1) is 5.92 Å². The van der Waals surface area contributed by atoms with Gasteiger partial charge in [0, 0.05) is 5.92 Å². The normalized spacial score (nSPS) is 20.7. The van der Waals surface area contributed by atoms with Crippen LogP contribution >= 0.6 is 0 Å². The lowest BCUT2D eigenvalue weighted by Gasteiger charge is -2.29. The summed E-state index contributed by atoms with van der Waals surface area (Å²) in [5.74, 6) is -1.62. The van der Waals surface area contributed by atoms with Crippen molar-refractivity contribution in [2.24, 2.45) is 5.92 Å². The van der Waals surface area contributed by atoms with Crippen LogP contribution in [0.3, 0.4) is 0 Å². The van der Waals surface area contributed by atoms with Crippen molar-refractivity contribution in [3.63, 3.8) is 0 Å². The van der Waals surface area contributed by atoms with Crippen LogP contribution in [0.2, 0.25) is 0 Å². The summed E-state index contributed by atoms with van der Waals surface area (Å²) in [6.45, 7) is 0. The van der Waals surface area contributed by atoms with Gasteiger partial charge in [0.15, 0.2) is 5.78 Å². The monoisotopic (exact) mass is 306 g/mol. The van der Waals surface area contributed by atoms with Crippen LogP contribution in [0.15, 0.2) is 66.7 Å². The summed E-state index contributed by atoms with van der Waals surface area (Å²) in [5.41, 5.74) is 2.97. The Balaban J connectivity index is 2.03. The van der Waals surface area contributed by atoms with E-state index in [1.807, 2.05) is 60.7 Å². The minimum atomic E-state index is -0.769. The molecular weight excluding hydrogens is 288 g/mol. The first-order valence-electron chi connectivity index (χ1n) is 7.63. The van der Waals surface area contributed by atoms with E-state index in [4.69, 9.17) is 4.74 Å². The van der Waals surface area contributed by atoms with Crippen molar-refractivity contribution in [3.05, 3.63) is 77.9 Å². The van der Waals surface area contributed by atoms with Crippen LogP contribution < -0.4 is 0 Å². The van der Waals surface area contributed by atoms with Crippen molar-refractivity contribution in [3.8, 4) is 0 Å². The average molecular weight is 306 g/mol. The van der Waals surface area contributed by atoms with Crippen molar-refractivity contribution < 1.29 is 14.3 Å². The molecule has 0 heterocycles. The van der Waals surface area contributed by atoms with Gasteiger partial charge in [0.25, 0.3) is 0 Å². The third-order valence-electron chi connectivity index (χ3n) is 4.29. The predicted octanol–water partition coefficient (Wildman–Crippen LogP) is 3.62. The predicted molar refractivity (Wildman–Crippen MR) is 88.7 cm³/mol. The van der Waals surface area contributed by atoms with Crippen molar-refractivity contribution in [2.75, 3.05) is 7.11 Å². The van der Waals surface area contributed by atoms with Crippen LogP contribution in [-0.2, 0) is 14.3 Å². The molecule has 3 rings (SSSR count). The van der Waals surface area contributed by atoms with Crippen molar-refractivity contribution in [1.29, 1.82) is 0 Å². The third-order valence-corrected chi connectivity index (χ3v) is 4.29. The molecule has 2 aromatic rings. The van der Waals surface area contributed by atoms with Crippen molar-refractivity contribution in [1.82, 2.24) is 0 Å². The van der Waals surface area contributed by atoms with E-state index in [0.29, 0.717) is 6.42 Å². The first-order chi connectivity index (χ1) is 11.2. The van der Waals surface area contributed by atoms with Gasteiger partial charge in [-0.05, 0) is 29.2 Å². The molecule has 0 bridgehead atoms. The van der Waals surface area contributed by atoms with Crippen LogP contribution in [0.4, 0.5) is 0 Å². The van der Waals surface area contributed by atoms with Crippen molar-refractivity contribution in [2.45, 2.75) is 12.3 Å². The lowest BCUT2D eigenvalue weighted by Crippen LogP contribution is -2.33. The lowest BCUT2D eigenvalue weighted by atomic mass is 9.73. The molecule has 1 aliphatic rings. The molecule has 2 atom stereocenters. The zero-order valence-corrected chi connectivity index (χ0v) is 12.9. The molecular formula is C20H18O3. The van der Waals surface area contributed by atoms with Gasteiger partial charge >= 0.3 is 5.97 Å². The summed E-state index contributed by atoms with van der Waals surface area (Å²) in [6.07, 6.45) is 2.23. The van der Waals surface area contributed by atoms with E-state index in [1.165, 1.54) is 7.11 Å². The highest BCUT2D eigenvalue weighted by atomic mass is 16.5. The van der Waals surface area contributed by atoms with Gasteiger partial charge < -0.3 is 4.74 Å². The molecule has 116 valence electrons. The Morgan fingerprint density at radius 3 is 2.22 bits per heavy atom. The van der Waals surface area contributed by atoms with Crippen molar-refractivity contribution >= 4 is 17.3 Å². The summed E-state index contributed by atoms with van der Waals surface area (Å²) in [4.78, 5) is 24.7. The number of allylic oxidation sites excluding steroid dienone is 2. The van der Waals surface area contributed by atoms with E-state index in [-0.39, 0.29) is 11.7 Å². The summed E-state index contributed by atoms with van der Waals surface area (Å²) in [5, 5.41) is 0. The number of carbonyl (C=O) groups is 2. The second kappa shape index (κ2) is 6.61. The number of hydrogen-bond acceptors (Lipinski definition) is 3. The third kappa shape index (κ3) is 3.09. The zero-order chi connectivity index (χ0) is 16.2. The molecule has 0 unspecified atom stereocenters. The van der Waals surface area contributed by atoms with E-state index in [1.54, 1.807) is 6.08 Å². The minimum absolute atomic E-state index is 0.184. The fourth-order valence-corrected chi connectivity index (χ4v) is 3.14. The smallest absolute Gasteiger partial charge is 0.317 e. The Morgan fingerprint density at radius 1 is 1.00 bits per heavy atom. The highest BCUT2D eigenvalue weighted by molar-refractivity contribution is 6.10. The maximum atomic E-state index is 12.6. The van der Waals surface area contributed by atoms with E-state index in [0.717, 1.165) is 16.7 Å². The Bertz CT molecular complexity index is 732. The Labute approximate surface area is 135 Å². The maximum Gasteiger partial charge on any atom is 0.317 e. The summed E-state index contributed by atoms with van der Waals surface area (Å²) in [6, 6.07) is 19.5. The number of ether oxygens (including phenoxy) is 1. The molecule has 3 heteroatoms. The molecule has 2 aromatic carbocycles. The second-order valence-corrected chi connectivity index (χ2v) is 5.66. The molecule has 3 nitrogen and oxygen atoms in total.